The molecule has 128 valence electrons. The van der Waals surface area contributed by atoms with Gasteiger partial charge in [-0.2, -0.15) is 0 Å². The van der Waals surface area contributed by atoms with Crippen LogP contribution in [0.1, 0.15) is 47.3 Å². The Kier molecular flexibility index (Phi) is 4.09. The van der Waals surface area contributed by atoms with Gasteiger partial charge in [-0.15, -0.1) is 11.3 Å². The van der Waals surface area contributed by atoms with Gasteiger partial charge in [0.15, 0.2) is 0 Å². The fourth-order valence-corrected chi connectivity index (χ4v) is 5.74. The van der Waals surface area contributed by atoms with E-state index in [0.717, 1.165) is 41.3 Å². The summed E-state index contributed by atoms with van der Waals surface area (Å²) in [7, 11) is 0. The third-order valence-corrected chi connectivity index (χ3v) is 7.05. The van der Waals surface area contributed by atoms with Gasteiger partial charge < -0.3 is 11.1 Å². The summed E-state index contributed by atoms with van der Waals surface area (Å²) in [6.45, 7) is 1.91. The van der Waals surface area contributed by atoms with Gasteiger partial charge in [-0.05, 0) is 73.6 Å². The minimum Gasteiger partial charge on any atom is -0.348 e. The van der Waals surface area contributed by atoms with E-state index in [9.17, 15) is 9.18 Å². The maximum Gasteiger partial charge on any atom is 0.261 e. The first-order valence-corrected chi connectivity index (χ1v) is 9.59. The third kappa shape index (κ3) is 2.74. The van der Waals surface area contributed by atoms with Crippen LogP contribution in [0.25, 0.3) is 10.1 Å². The van der Waals surface area contributed by atoms with Gasteiger partial charge in [0.05, 0.1) is 4.88 Å². The second-order valence-corrected chi connectivity index (χ2v) is 8.43. The summed E-state index contributed by atoms with van der Waals surface area (Å²) in [6, 6.07) is 5.25. The molecule has 3 N–H and O–H groups in total. The van der Waals surface area contributed by atoms with Crippen LogP contribution in [0.2, 0.25) is 0 Å². The van der Waals surface area contributed by atoms with E-state index < -0.39 is 0 Å². The predicted octanol–water partition coefficient (Wildman–Crippen LogP) is 3.98. The summed E-state index contributed by atoms with van der Waals surface area (Å²) in [5.74, 6) is 0.741. The lowest BCUT2D eigenvalue weighted by molar-refractivity contribution is 0.0759. The zero-order chi connectivity index (χ0) is 16.8. The standard InChI is InChI=1S/C19H23FN2OS/c1-10-15-9-13(20)5-6-16(15)24-18(10)19(23)22-17-11-3-2-4-12(17)8-14(21)7-11/h5-6,9,11-12,14,17H,2-4,7-8,21H2,1H3,(H,22,23). The summed E-state index contributed by atoms with van der Waals surface area (Å²) in [4.78, 5) is 13.6. The third-order valence-electron chi connectivity index (χ3n) is 5.78. The number of hydrogen-bond acceptors (Lipinski definition) is 3. The molecule has 4 rings (SSSR count). The van der Waals surface area contributed by atoms with Crippen molar-refractivity contribution in [1.29, 1.82) is 0 Å². The molecule has 0 spiro atoms. The van der Waals surface area contributed by atoms with E-state index in [1.807, 2.05) is 6.92 Å². The van der Waals surface area contributed by atoms with Crippen molar-refractivity contribution >= 4 is 27.3 Å². The molecule has 5 heteroatoms. The molecule has 2 unspecified atom stereocenters. The molecule has 3 nitrogen and oxygen atoms in total. The highest BCUT2D eigenvalue weighted by Gasteiger charge is 2.40. The fourth-order valence-electron chi connectivity index (χ4n) is 4.65. The average Bonchev–Trinajstić information content (AvgIpc) is 2.85. The van der Waals surface area contributed by atoms with Gasteiger partial charge in [-0.3, -0.25) is 4.79 Å². The van der Waals surface area contributed by atoms with E-state index in [1.165, 1.54) is 29.9 Å². The number of nitrogens with one attached hydrogen (secondary N) is 1. The van der Waals surface area contributed by atoms with E-state index in [4.69, 9.17) is 5.73 Å². The molecule has 0 saturated heterocycles. The molecule has 2 saturated carbocycles. The summed E-state index contributed by atoms with van der Waals surface area (Å²) in [5, 5.41) is 4.14. The Hall–Kier alpha value is -1.46. The lowest BCUT2D eigenvalue weighted by Gasteiger charge is -2.45. The number of carbonyl (C=O) groups excluding carboxylic acids is 1. The van der Waals surface area contributed by atoms with Crippen LogP contribution in [0.15, 0.2) is 18.2 Å². The van der Waals surface area contributed by atoms with Crippen molar-refractivity contribution in [2.24, 2.45) is 17.6 Å². The highest BCUT2D eigenvalue weighted by atomic mass is 32.1. The Morgan fingerprint density at radius 3 is 2.71 bits per heavy atom. The van der Waals surface area contributed by atoms with E-state index in [2.05, 4.69) is 5.32 Å². The Bertz CT molecular complexity index is 773. The van der Waals surface area contributed by atoms with Crippen LogP contribution in [0.4, 0.5) is 4.39 Å². The van der Waals surface area contributed by atoms with Crippen LogP contribution >= 0.6 is 11.3 Å². The molecule has 1 aromatic heterocycles. The van der Waals surface area contributed by atoms with Crippen molar-refractivity contribution in [1.82, 2.24) is 5.32 Å². The first-order chi connectivity index (χ1) is 11.5. The molecule has 2 fully saturated rings. The van der Waals surface area contributed by atoms with Gasteiger partial charge in [-0.25, -0.2) is 4.39 Å². The quantitative estimate of drug-likeness (QED) is 0.864. The van der Waals surface area contributed by atoms with Crippen LogP contribution in [-0.4, -0.2) is 18.0 Å². The fraction of sp³-hybridized carbons (Fsp3) is 0.526. The van der Waals surface area contributed by atoms with E-state index in [-0.39, 0.29) is 23.8 Å². The molecule has 1 aromatic carbocycles. The number of benzene rings is 1. The zero-order valence-electron chi connectivity index (χ0n) is 13.8. The lowest BCUT2D eigenvalue weighted by Crippen LogP contribution is -2.53. The van der Waals surface area contributed by atoms with E-state index in [0.29, 0.717) is 16.7 Å². The zero-order valence-corrected chi connectivity index (χ0v) is 14.7. The van der Waals surface area contributed by atoms with Gasteiger partial charge in [0.1, 0.15) is 5.82 Å². The lowest BCUT2D eigenvalue weighted by atomic mass is 9.67. The topological polar surface area (TPSA) is 55.1 Å². The number of nitrogens with two attached hydrogens (primary N) is 1. The monoisotopic (exact) mass is 346 g/mol. The smallest absolute Gasteiger partial charge is 0.261 e. The number of hydrogen-bond donors (Lipinski definition) is 2. The molecule has 0 radical (unpaired) electrons. The van der Waals surface area contributed by atoms with E-state index in [1.54, 1.807) is 6.07 Å². The van der Waals surface area contributed by atoms with Gasteiger partial charge in [0.25, 0.3) is 5.91 Å². The number of aryl methyl sites for hydroxylation is 1. The molecular weight excluding hydrogens is 323 g/mol. The molecule has 2 aliphatic rings. The summed E-state index contributed by atoms with van der Waals surface area (Å²) < 4.78 is 14.4. The minimum absolute atomic E-state index is 0.00789. The van der Waals surface area contributed by atoms with Crippen LogP contribution in [0.5, 0.6) is 0 Å². The molecule has 1 heterocycles. The Morgan fingerprint density at radius 2 is 2.00 bits per heavy atom. The first-order valence-electron chi connectivity index (χ1n) is 8.78. The number of thiophene rings is 1. The second kappa shape index (κ2) is 6.12. The number of halogens is 1. The molecular formula is C19H23FN2OS. The number of amides is 1. The van der Waals surface area contributed by atoms with Gasteiger partial charge in [0.2, 0.25) is 0 Å². The van der Waals surface area contributed by atoms with Crippen molar-refractivity contribution in [3.8, 4) is 0 Å². The van der Waals surface area contributed by atoms with Gasteiger partial charge in [0, 0.05) is 16.8 Å². The predicted molar refractivity (Wildman–Crippen MR) is 95.8 cm³/mol. The molecule has 2 aromatic rings. The van der Waals surface area contributed by atoms with E-state index >= 15 is 0 Å². The highest BCUT2D eigenvalue weighted by Crippen LogP contribution is 2.40. The number of carbonyl (C=O) groups is 1. The van der Waals surface area contributed by atoms with Crippen LogP contribution < -0.4 is 11.1 Å². The summed E-state index contributed by atoms with van der Waals surface area (Å²) in [6.07, 6.45) is 5.59. The highest BCUT2D eigenvalue weighted by molar-refractivity contribution is 7.21. The first kappa shape index (κ1) is 16.0. The Labute approximate surface area is 145 Å². The maximum atomic E-state index is 13.5. The maximum absolute atomic E-state index is 13.5. The van der Waals surface area contributed by atoms with Crippen molar-refractivity contribution in [3.63, 3.8) is 0 Å². The molecule has 1 amide bonds. The average molecular weight is 346 g/mol. The van der Waals surface area contributed by atoms with Crippen LogP contribution in [0, 0.1) is 24.6 Å². The van der Waals surface area contributed by atoms with Crippen molar-refractivity contribution in [2.45, 2.75) is 51.1 Å². The summed E-state index contributed by atoms with van der Waals surface area (Å²) >= 11 is 1.45. The molecule has 2 atom stereocenters. The van der Waals surface area contributed by atoms with Crippen molar-refractivity contribution < 1.29 is 9.18 Å². The molecule has 2 aliphatic carbocycles. The minimum atomic E-state index is -0.258. The van der Waals surface area contributed by atoms with Crippen LogP contribution in [-0.2, 0) is 0 Å². The molecule has 2 bridgehead atoms. The Morgan fingerprint density at radius 1 is 1.29 bits per heavy atom. The van der Waals surface area contributed by atoms with Crippen molar-refractivity contribution in [3.05, 3.63) is 34.5 Å². The van der Waals surface area contributed by atoms with Crippen molar-refractivity contribution in [2.75, 3.05) is 0 Å². The number of rotatable bonds is 2. The van der Waals surface area contributed by atoms with Gasteiger partial charge >= 0.3 is 0 Å². The second-order valence-electron chi connectivity index (χ2n) is 7.38. The summed E-state index contributed by atoms with van der Waals surface area (Å²) in [5.41, 5.74) is 7.05. The molecule has 0 aliphatic heterocycles. The number of fused-ring (bicyclic) bond motifs is 3. The largest absolute Gasteiger partial charge is 0.348 e. The normalized spacial score (nSPS) is 29.6. The van der Waals surface area contributed by atoms with Crippen LogP contribution in [0.3, 0.4) is 0 Å². The molecule has 24 heavy (non-hydrogen) atoms. The SMILES string of the molecule is Cc1c(C(=O)NC2C3CCCC2CC(N)C3)sc2ccc(F)cc12. The van der Waals surface area contributed by atoms with Gasteiger partial charge in [-0.1, -0.05) is 6.42 Å². The Balaban J connectivity index is 1.59.